The molecule has 0 saturated carbocycles. The van der Waals surface area contributed by atoms with E-state index in [2.05, 4.69) is 36.5 Å². The Bertz CT molecular complexity index is 1030. The van der Waals surface area contributed by atoms with E-state index in [9.17, 15) is 9.59 Å². The zero-order valence-electron chi connectivity index (χ0n) is 16.1. The number of fused-ring (bicyclic) bond motifs is 1. The summed E-state index contributed by atoms with van der Waals surface area (Å²) >= 11 is 0. The minimum atomic E-state index is -0.529. The summed E-state index contributed by atoms with van der Waals surface area (Å²) in [6, 6.07) is 7.22. The van der Waals surface area contributed by atoms with Crippen molar-refractivity contribution in [3.8, 4) is 11.5 Å². The molecule has 10 heteroatoms. The average molecular weight is 408 g/mol. The second-order valence-corrected chi connectivity index (χ2v) is 7.20. The number of ether oxygens (including phenoxy) is 2. The number of hydrogen-bond acceptors (Lipinski definition) is 8. The number of anilines is 1. The van der Waals surface area contributed by atoms with Gasteiger partial charge in [-0.2, -0.15) is 0 Å². The van der Waals surface area contributed by atoms with Gasteiger partial charge in [0.05, 0.1) is 5.69 Å². The summed E-state index contributed by atoms with van der Waals surface area (Å²) in [7, 11) is 0. The van der Waals surface area contributed by atoms with Crippen LogP contribution in [0.1, 0.15) is 11.3 Å². The Balaban J connectivity index is 1.21. The number of imide groups is 1. The molecule has 1 aromatic heterocycles. The molecule has 0 radical (unpaired) electrons. The van der Waals surface area contributed by atoms with Gasteiger partial charge in [0.1, 0.15) is 5.70 Å². The Kier molecular flexibility index (Phi) is 4.68. The molecular formula is C20H20N6O4. The number of nitrogens with zero attached hydrogens (tertiary/aromatic N) is 4. The van der Waals surface area contributed by atoms with E-state index in [-0.39, 0.29) is 12.5 Å². The molecule has 0 spiro atoms. The molecule has 154 valence electrons. The van der Waals surface area contributed by atoms with Crippen molar-refractivity contribution in [1.29, 1.82) is 0 Å². The van der Waals surface area contributed by atoms with E-state index in [0.29, 0.717) is 11.6 Å². The Morgan fingerprint density at radius 2 is 1.87 bits per heavy atom. The standard InChI is InChI=1S/C20H20N6O4/c27-18-15(23-20(28)24-18)10-14-3-4-21-19(22-14)26-7-5-25(6-8-26)11-13-1-2-16-17(9-13)30-12-29-16/h1-4,9-10H,5-8,11-12H2,(H2,23,24,27,28). The van der Waals surface area contributed by atoms with Crippen molar-refractivity contribution < 1.29 is 19.1 Å². The topological polar surface area (TPSA) is 109 Å². The van der Waals surface area contributed by atoms with Gasteiger partial charge in [-0.1, -0.05) is 6.07 Å². The monoisotopic (exact) mass is 408 g/mol. The van der Waals surface area contributed by atoms with Crippen LogP contribution >= 0.6 is 0 Å². The minimum absolute atomic E-state index is 0.179. The lowest BCUT2D eigenvalue weighted by atomic mass is 10.1. The van der Waals surface area contributed by atoms with Crippen molar-refractivity contribution in [1.82, 2.24) is 25.5 Å². The molecule has 2 saturated heterocycles. The molecule has 1 aromatic carbocycles. The van der Waals surface area contributed by atoms with Crippen LogP contribution in [0.3, 0.4) is 0 Å². The second-order valence-electron chi connectivity index (χ2n) is 7.20. The molecule has 2 aromatic rings. The third-order valence-corrected chi connectivity index (χ3v) is 5.17. The fourth-order valence-electron chi connectivity index (χ4n) is 3.63. The van der Waals surface area contributed by atoms with Crippen LogP contribution in [0.4, 0.5) is 10.7 Å². The first-order valence-electron chi connectivity index (χ1n) is 9.67. The molecular weight excluding hydrogens is 388 g/mol. The molecule has 2 fully saturated rings. The maximum atomic E-state index is 11.7. The van der Waals surface area contributed by atoms with Gasteiger partial charge in [0, 0.05) is 38.9 Å². The number of aromatic nitrogens is 2. The number of urea groups is 1. The zero-order chi connectivity index (χ0) is 20.5. The van der Waals surface area contributed by atoms with E-state index in [4.69, 9.17) is 9.47 Å². The summed E-state index contributed by atoms with van der Waals surface area (Å²) in [5.74, 6) is 1.75. The second kappa shape index (κ2) is 7.64. The predicted octanol–water partition coefficient (Wildman–Crippen LogP) is 0.708. The number of nitrogens with one attached hydrogen (secondary N) is 2. The first-order valence-corrected chi connectivity index (χ1v) is 9.67. The molecule has 0 atom stereocenters. The first-order chi connectivity index (χ1) is 14.6. The van der Waals surface area contributed by atoms with E-state index in [1.165, 1.54) is 5.56 Å². The summed E-state index contributed by atoms with van der Waals surface area (Å²) < 4.78 is 10.8. The molecule has 10 nitrogen and oxygen atoms in total. The number of benzene rings is 1. The Hall–Kier alpha value is -3.66. The van der Waals surface area contributed by atoms with Gasteiger partial charge in [0.15, 0.2) is 11.5 Å². The lowest BCUT2D eigenvalue weighted by Crippen LogP contribution is -2.46. The van der Waals surface area contributed by atoms with Crippen LogP contribution in [0.5, 0.6) is 11.5 Å². The zero-order valence-corrected chi connectivity index (χ0v) is 16.1. The van der Waals surface area contributed by atoms with Crippen LogP contribution in [-0.2, 0) is 11.3 Å². The van der Waals surface area contributed by atoms with Gasteiger partial charge in [-0.3, -0.25) is 15.0 Å². The normalized spacial score (nSPS) is 19.9. The molecule has 2 N–H and O–H groups in total. The van der Waals surface area contributed by atoms with Crippen molar-refractivity contribution >= 4 is 24.0 Å². The highest BCUT2D eigenvalue weighted by Gasteiger charge is 2.24. The number of amides is 3. The lowest BCUT2D eigenvalue weighted by molar-refractivity contribution is -0.115. The number of hydrogen-bond donors (Lipinski definition) is 2. The maximum Gasteiger partial charge on any atom is 0.326 e. The fraction of sp³-hybridized carbons (Fsp3) is 0.300. The molecule has 0 bridgehead atoms. The number of piperazine rings is 1. The van der Waals surface area contributed by atoms with E-state index in [1.807, 2.05) is 12.1 Å². The van der Waals surface area contributed by atoms with Gasteiger partial charge in [-0.05, 0) is 29.8 Å². The highest BCUT2D eigenvalue weighted by atomic mass is 16.7. The van der Waals surface area contributed by atoms with E-state index in [1.54, 1.807) is 18.3 Å². The Morgan fingerprint density at radius 3 is 2.67 bits per heavy atom. The van der Waals surface area contributed by atoms with Gasteiger partial charge >= 0.3 is 6.03 Å². The highest BCUT2D eigenvalue weighted by molar-refractivity contribution is 6.13. The van der Waals surface area contributed by atoms with Crippen molar-refractivity contribution in [3.05, 3.63) is 47.4 Å². The Morgan fingerprint density at radius 1 is 1.03 bits per heavy atom. The summed E-state index contributed by atoms with van der Waals surface area (Å²) in [4.78, 5) is 36.3. The average Bonchev–Trinajstić information content (AvgIpc) is 3.34. The maximum absolute atomic E-state index is 11.7. The van der Waals surface area contributed by atoms with Crippen molar-refractivity contribution in [2.24, 2.45) is 0 Å². The number of rotatable bonds is 4. The molecule has 3 aliphatic heterocycles. The van der Waals surface area contributed by atoms with Gasteiger partial charge in [0.2, 0.25) is 12.7 Å². The third kappa shape index (κ3) is 3.77. The number of carbonyl (C=O) groups excluding carboxylic acids is 2. The molecule has 5 rings (SSSR count). The molecule has 30 heavy (non-hydrogen) atoms. The summed E-state index contributed by atoms with van der Waals surface area (Å²) in [6.45, 7) is 4.46. The molecule has 4 heterocycles. The minimum Gasteiger partial charge on any atom is -0.454 e. The van der Waals surface area contributed by atoms with Gasteiger partial charge < -0.3 is 19.7 Å². The molecule has 0 unspecified atom stereocenters. The summed E-state index contributed by atoms with van der Waals surface area (Å²) in [5, 5.41) is 4.63. The van der Waals surface area contributed by atoms with Crippen LogP contribution < -0.4 is 25.0 Å². The van der Waals surface area contributed by atoms with Gasteiger partial charge in [0.25, 0.3) is 5.91 Å². The fourth-order valence-corrected chi connectivity index (χ4v) is 3.63. The summed E-state index contributed by atoms with van der Waals surface area (Å²) in [5.41, 5.74) is 1.93. The van der Waals surface area contributed by atoms with Crippen LogP contribution in [0.25, 0.3) is 6.08 Å². The van der Waals surface area contributed by atoms with Gasteiger partial charge in [-0.25, -0.2) is 14.8 Å². The van der Waals surface area contributed by atoms with Crippen molar-refractivity contribution in [3.63, 3.8) is 0 Å². The summed E-state index contributed by atoms with van der Waals surface area (Å²) in [6.07, 6.45) is 3.20. The van der Waals surface area contributed by atoms with Gasteiger partial charge in [-0.15, -0.1) is 0 Å². The predicted molar refractivity (Wildman–Crippen MR) is 107 cm³/mol. The van der Waals surface area contributed by atoms with Crippen molar-refractivity contribution in [2.75, 3.05) is 37.9 Å². The largest absolute Gasteiger partial charge is 0.454 e. The van der Waals surface area contributed by atoms with Crippen LogP contribution in [-0.4, -0.2) is 59.8 Å². The van der Waals surface area contributed by atoms with Crippen LogP contribution in [0.2, 0.25) is 0 Å². The van der Waals surface area contributed by atoms with E-state index in [0.717, 1.165) is 44.2 Å². The molecule has 3 aliphatic rings. The third-order valence-electron chi connectivity index (χ3n) is 5.17. The first kappa shape index (κ1) is 18.4. The highest BCUT2D eigenvalue weighted by Crippen LogP contribution is 2.32. The lowest BCUT2D eigenvalue weighted by Gasteiger charge is -2.34. The van der Waals surface area contributed by atoms with E-state index < -0.39 is 11.9 Å². The van der Waals surface area contributed by atoms with Crippen molar-refractivity contribution in [2.45, 2.75) is 6.54 Å². The smallest absolute Gasteiger partial charge is 0.326 e. The van der Waals surface area contributed by atoms with E-state index >= 15 is 0 Å². The molecule has 0 aliphatic carbocycles. The quantitative estimate of drug-likeness (QED) is 0.562. The Labute approximate surface area is 172 Å². The SMILES string of the molecule is O=C1NC(=O)C(=Cc2ccnc(N3CCN(Cc4ccc5c(c4)OCO5)CC3)n2)N1. The van der Waals surface area contributed by atoms with Crippen LogP contribution in [0.15, 0.2) is 36.2 Å². The molecule has 3 amide bonds. The number of carbonyl (C=O) groups is 2. The van der Waals surface area contributed by atoms with Crippen LogP contribution in [0, 0.1) is 0 Å².